The molecule has 1 aromatic heterocycles. The van der Waals surface area contributed by atoms with Crippen LogP contribution in [0.5, 0.6) is 0 Å². The molecule has 1 atom stereocenters. The predicted molar refractivity (Wildman–Crippen MR) is 62.9 cm³/mol. The van der Waals surface area contributed by atoms with Gasteiger partial charge >= 0.3 is 0 Å². The molecule has 0 aliphatic heterocycles. The fourth-order valence-corrected chi connectivity index (χ4v) is 2.18. The molecular formula is C11H20N2S. The molecule has 0 fully saturated rings. The van der Waals surface area contributed by atoms with Crippen LogP contribution in [-0.2, 0) is 6.42 Å². The first-order valence-electron chi connectivity index (χ1n) is 5.34. The van der Waals surface area contributed by atoms with E-state index in [0.29, 0.717) is 6.04 Å². The van der Waals surface area contributed by atoms with Gasteiger partial charge in [0.15, 0.2) is 0 Å². The van der Waals surface area contributed by atoms with Crippen molar-refractivity contribution in [3.63, 3.8) is 0 Å². The van der Waals surface area contributed by atoms with E-state index in [9.17, 15) is 0 Å². The van der Waals surface area contributed by atoms with Crippen molar-refractivity contribution in [2.75, 3.05) is 7.05 Å². The average molecular weight is 212 g/mol. The molecule has 1 heterocycles. The lowest BCUT2D eigenvalue weighted by molar-refractivity contribution is 0.495. The summed E-state index contributed by atoms with van der Waals surface area (Å²) in [6.45, 7) is 4.30. The Hall–Kier alpha value is -0.410. The monoisotopic (exact) mass is 212 g/mol. The van der Waals surface area contributed by atoms with Crippen molar-refractivity contribution in [3.05, 3.63) is 16.1 Å². The van der Waals surface area contributed by atoms with Crippen LogP contribution in [0.15, 0.2) is 5.38 Å². The Kier molecular flexibility index (Phi) is 5.12. The molecule has 0 aromatic carbocycles. The SMILES string of the molecule is CCCCC(Cc1csc(C)n1)NC. The van der Waals surface area contributed by atoms with Crippen LogP contribution in [0.3, 0.4) is 0 Å². The molecule has 80 valence electrons. The number of thiazole rings is 1. The molecule has 0 saturated carbocycles. The first-order valence-corrected chi connectivity index (χ1v) is 6.22. The molecule has 0 amide bonds. The maximum absolute atomic E-state index is 4.49. The van der Waals surface area contributed by atoms with Crippen molar-refractivity contribution in [2.45, 2.75) is 45.6 Å². The maximum atomic E-state index is 4.49. The summed E-state index contributed by atoms with van der Waals surface area (Å²) in [6.07, 6.45) is 4.90. The number of hydrogen-bond donors (Lipinski definition) is 1. The van der Waals surface area contributed by atoms with Gasteiger partial charge in [0.1, 0.15) is 0 Å². The molecule has 0 spiro atoms. The number of aryl methyl sites for hydroxylation is 1. The first kappa shape index (κ1) is 11.7. The van der Waals surface area contributed by atoms with E-state index >= 15 is 0 Å². The van der Waals surface area contributed by atoms with E-state index in [1.807, 2.05) is 7.05 Å². The number of unbranched alkanes of at least 4 members (excludes halogenated alkanes) is 1. The molecule has 3 heteroatoms. The van der Waals surface area contributed by atoms with E-state index in [0.717, 1.165) is 6.42 Å². The van der Waals surface area contributed by atoms with Gasteiger partial charge in [0.2, 0.25) is 0 Å². The van der Waals surface area contributed by atoms with Gasteiger partial charge < -0.3 is 5.32 Å². The minimum absolute atomic E-state index is 0.594. The van der Waals surface area contributed by atoms with Gasteiger partial charge in [-0.25, -0.2) is 4.98 Å². The maximum Gasteiger partial charge on any atom is 0.0897 e. The quantitative estimate of drug-likeness (QED) is 0.784. The van der Waals surface area contributed by atoms with E-state index in [-0.39, 0.29) is 0 Å². The van der Waals surface area contributed by atoms with Crippen LogP contribution in [0.25, 0.3) is 0 Å². The average Bonchev–Trinajstić information content (AvgIpc) is 2.58. The van der Waals surface area contributed by atoms with Crippen LogP contribution in [-0.4, -0.2) is 18.1 Å². The van der Waals surface area contributed by atoms with Gasteiger partial charge in [-0.1, -0.05) is 19.8 Å². The van der Waals surface area contributed by atoms with Crippen LogP contribution in [0, 0.1) is 6.92 Å². The Balaban J connectivity index is 2.40. The normalized spacial score (nSPS) is 13.1. The van der Waals surface area contributed by atoms with Gasteiger partial charge in [-0.2, -0.15) is 0 Å². The molecule has 0 radical (unpaired) electrons. The number of nitrogens with zero attached hydrogens (tertiary/aromatic N) is 1. The molecule has 1 aromatic rings. The summed E-state index contributed by atoms with van der Waals surface area (Å²) in [4.78, 5) is 4.49. The van der Waals surface area contributed by atoms with Crippen LogP contribution in [0.2, 0.25) is 0 Å². The highest BCUT2D eigenvalue weighted by molar-refractivity contribution is 7.09. The van der Waals surface area contributed by atoms with Gasteiger partial charge in [0.05, 0.1) is 10.7 Å². The zero-order valence-corrected chi connectivity index (χ0v) is 10.2. The predicted octanol–water partition coefficient (Wildman–Crippen LogP) is 2.77. The first-order chi connectivity index (χ1) is 6.76. The number of hydrogen-bond acceptors (Lipinski definition) is 3. The van der Waals surface area contributed by atoms with Crippen LogP contribution in [0.1, 0.15) is 36.9 Å². The van der Waals surface area contributed by atoms with Crippen molar-refractivity contribution >= 4 is 11.3 Å². The standard InChI is InChI=1S/C11H20N2S/c1-4-5-6-10(12-3)7-11-8-14-9(2)13-11/h8,10,12H,4-7H2,1-3H3. The Morgan fingerprint density at radius 3 is 2.86 bits per heavy atom. The zero-order chi connectivity index (χ0) is 10.4. The van der Waals surface area contributed by atoms with E-state index in [2.05, 4.69) is 29.5 Å². The lowest BCUT2D eigenvalue weighted by Gasteiger charge is -2.13. The third-order valence-electron chi connectivity index (χ3n) is 2.44. The second-order valence-corrected chi connectivity index (χ2v) is 4.75. The van der Waals surface area contributed by atoms with Gasteiger partial charge in [0.25, 0.3) is 0 Å². The molecule has 0 bridgehead atoms. The van der Waals surface area contributed by atoms with Crippen LogP contribution < -0.4 is 5.32 Å². The molecule has 14 heavy (non-hydrogen) atoms. The highest BCUT2D eigenvalue weighted by atomic mass is 32.1. The third kappa shape index (κ3) is 3.76. The van der Waals surface area contributed by atoms with Crippen molar-refractivity contribution in [1.29, 1.82) is 0 Å². The second kappa shape index (κ2) is 6.14. The second-order valence-electron chi connectivity index (χ2n) is 3.69. The molecule has 0 aliphatic rings. The van der Waals surface area contributed by atoms with Gasteiger partial charge in [-0.3, -0.25) is 0 Å². The minimum atomic E-state index is 0.594. The summed E-state index contributed by atoms with van der Waals surface area (Å²) in [5.74, 6) is 0. The Labute approximate surface area is 90.8 Å². The van der Waals surface area contributed by atoms with E-state index in [1.54, 1.807) is 11.3 Å². The summed E-state index contributed by atoms with van der Waals surface area (Å²) < 4.78 is 0. The van der Waals surface area contributed by atoms with Crippen LogP contribution in [0.4, 0.5) is 0 Å². The van der Waals surface area contributed by atoms with Gasteiger partial charge in [0, 0.05) is 17.8 Å². The third-order valence-corrected chi connectivity index (χ3v) is 3.26. The van der Waals surface area contributed by atoms with E-state index < -0.39 is 0 Å². The largest absolute Gasteiger partial charge is 0.317 e. The van der Waals surface area contributed by atoms with E-state index in [1.165, 1.54) is 30.0 Å². The Bertz CT molecular complexity index is 258. The fourth-order valence-electron chi connectivity index (χ4n) is 1.55. The van der Waals surface area contributed by atoms with Crippen molar-refractivity contribution in [3.8, 4) is 0 Å². The van der Waals surface area contributed by atoms with Crippen LogP contribution >= 0.6 is 11.3 Å². The van der Waals surface area contributed by atoms with Gasteiger partial charge in [-0.15, -0.1) is 11.3 Å². The van der Waals surface area contributed by atoms with Crippen molar-refractivity contribution < 1.29 is 0 Å². The lowest BCUT2D eigenvalue weighted by atomic mass is 10.1. The van der Waals surface area contributed by atoms with E-state index in [4.69, 9.17) is 0 Å². The summed E-state index contributed by atoms with van der Waals surface area (Å²) >= 11 is 1.74. The summed E-state index contributed by atoms with van der Waals surface area (Å²) in [5, 5.41) is 6.70. The van der Waals surface area contributed by atoms with Crippen molar-refractivity contribution in [2.24, 2.45) is 0 Å². The Morgan fingerprint density at radius 1 is 1.57 bits per heavy atom. The summed E-state index contributed by atoms with van der Waals surface area (Å²) in [6, 6.07) is 0.594. The zero-order valence-electron chi connectivity index (χ0n) is 9.34. The summed E-state index contributed by atoms with van der Waals surface area (Å²) in [5.41, 5.74) is 1.24. The molecule has 0 saturated heterocycles. The summed E-state index contributed by atoms with van der Waals surface area (Å²) in [7, 11) is 2.04. The molecule has 2 nitrogen and oxygen atoms in total. The number of rotatable bonds is 6. The molecule has 1 unspecified atom stereocenters. The molecule has 1 N–H and O–H groups in total. The molecule has 1 rings (SSSR count). The topological polar surface area (TPSA) is 24.9 Å². The number of likely N-dealkylation sites (N-methyl/N-ethyl adjacent to an activating group) is 1. The lowest BCUT2D eigenvalue weighted by Crippen LogP contribution is -2.27. The fraction of sp³-hybridized carbons (Fsp3) is 0.727. The molecular weight excluding hydrogens is 192 g/mol. The number of nitrogens with one attached hydrogen (secondary N) is 1. The Morgan fingerprint density at radius 2 is 2.36 bits per heavy atom. The smallest absolute Gasteiger partial charge is 0.0897 e. The van der Waals surface area contributed by atoms with Crippen molar-refractivity contribution in [1.82, 2.24) is 10.3 Å². The molecule has 0 aliphatic carbocycles. The highest BCUT2D eigenvalue weighted by Crippen LogP contribution is 2.12. The highest BCUT2D eigenvalue weighted by Gasteiger charge is 2.08. The van der Waals surface area contributed by atoms with Gasteiger partial charge in [-0.05, 0) is 20.4 Å². The number of aromatic nitrogens is 1. The minimum Gasteiger partial charge on any atom is -0.317 e.